The molecule has 0 N–H and O–H groups in total. The maximum atomic E-state index is 14.0. The second-order valence-electron chi connectivity index (χ2n) is 12.5. The average molecular weight is 717 g/mol. The molecule has 6 nitrogen and oxygen atoms in total. The van der Waals surface area contributed by atoms with Crippen molar-refractivity contribution in [1.29, 1.82) is 0 Å². The van der Waals surface area contributed by atoms with Crippen molar-refractivity contribution in [2.24, 2.45) is 0 Å². The van der Waals surface area contributed by atoms with Gasteiger partial charge in [-0.3, -0.25) is 9.97 Å². The summed E-state index contributed by atoms with van der Waals surface area (Å²) in [5.74, 6) is -0.840. The molecule has 0 aliphatic carbocycles. The van der Waals surface area contributed by atoms with Crippen LogP contribution in [0.15, 0.2) is 97.3 Å². The zero-order valence-electron chi connectivity index (χ0n) is 29.2. The first-order chi connectivity index (χ1) is 25.4. The van der Waals surface area contributed by atoms with Crippen molar-refractivity contribution in [3.63, 3.8) is 0 Å². The van der Waals surface area contributed by atoms with Gasteiger partial charge in [0.15, 0.2) is 0 Å². The van der Waals surface area contributed by atoms with Crippen LogP contribution in [-0.4, -0.2) is 36.4 Å². The van der Waals surface area contributed by atoms with E-state index in [0.29, 0.717) is 51.0 Å². The first kappa shape index (κ1) is 38.4. The molecule has 0 amide bonds. The van der Waals surface area contributed by atoms with Gasteiger partial charge in [-0.1, -0.05) is 25.0 Å². The zero-order chi connectivity index (χ0) is 36.4. The lowest BCUT2D eigenvalue weighted by molar-refractivity contribution is 0.116. The molecule has 3 aromatic carbocycles. The molecule has 0 unspecified atom stereocenters. The highest BCUT2D eigenvalue weighted by Gasteiger charge is 2.09. The van der Waals surface area contributed by atoms with Crippen LogP contribution in [-0.2, 0) is 22.7 Å². The highest BCUT2D eigenvalue weighted by atomic mass is 19.1. The van der Waals surface area contributed by atoms with Gasteiger partial charge >= 0.3 is 0 Å². The number of benzene rings is 3. The van der Waals surface area contributed by atoms with E-state index in [2.05, 4.69) is 9.97 Å². The van der Waals surface area contributed by atoms with Gasteiger partial charge in [0.05, 0.1) is 37.8 Å². The van der Waals surface area contributed by atoms with Crippen molar-refractivity contribution in [3.05, 3.63) is 132 Å². The van der Waals surface area contributed by atoms with E-state index in [9.17, 15) is 17.6 Å². The van der Waals surface area contributed by atoms with Crippen LogP contribution in [0.1, 0.15) is 62.5 Å². The van der Waals surface area contributed by atoms with E-state index in [1.807, 2.05) is 36.4 Å². The lowest BCUT2D eigenvalue weighted by atomic mass is 10.1. The van der Waals surface area contributed by atoms with E-state index in [4.69, 9.17) is 18.9 Å². The van der Waals surface area contributed by atoms with Crippen LogP contribution < -0.4 is 9.47 Å². The summed E-state index contributed by atoms with van der Waals surface area (Å²) in [6.07, 6.45) is 11.3. The third-order valence-corrected chi connectivity index (χ3v) is 8.33. The molecule has 0 aliphatic rings. The van der Waals surface area contributed by atoms with Gasteiger partial charge in [0, 0.05) is 48.9 Å². The summed E-state index contributed by atoms with van der Waals surface area (Å²) in [5.41, 5.74) is 3.25. The Morgan fingerprint density at radius 2 is 0.827 bits per heavy atom. The maximum Gasteiger partial charge on any atom is 0.135 e. The third kappa shape index (κ3) is 12.8. The number of aromatic nitrogens is 2. The molecule has 0 fully saturated rings. The Hall–Kier alpha value is -4.80. The molecule has 0 aliphatic heterocycles. The molecule has 0 atom stereocenters. The average Bonchev–Trinajstić information content (AvgIpc) is 3.15. The topological polar surface area (TPSA) is 62.7 Å². The van der Waals surface area contributed by atoms with E-state index in [1.54, 1.807) is 24.5 Å². The van der Waals surface area contributed by atoms with Gasteiger partial charge in [0.25, 0.3) is 0 Å². The lowest BCUT2D eigenvalue weighted by Crippen LogP contribution is -2.00. The monoisotopic (exact) mass is 716 g/mol. The molecule has 5 rings (SSSR count). The molecule has 0 bridgehead atoms. The SMILES string of the molecule is Fc1ccc(-c2ccc(COCCCCCCOc3ccc(OCCCCCCOCc4ccc(-c5ccc(F)cc5F)nc4)cc3)cn2)c(F)c1. The maximum absolute atomic E-state index is 14.0. The first-order valence-corrected chi connectivity index (χ1v) is 17.8. The molecule has 52 heavy (non-hydrogen) atoms. The summed E-state index contributed by atoms with van der Waals surface area (Å²) in [5, 5.41) is 0. The van der Waals surface area contributed by atoms with E-state index >= 15 is 0 Å². The fourth-order valence-electron chi connectivity index (χ4n) is 5.44. The van der Waals surface area contributed by atoms with E-state index in [0.717, 1.165) is 86.1 Å². The smallest absolute Gasteiger partial charge is 0.135 e. The quantitative estimate of drug-likeness (QED) is 0.0525. The molecular weight excluding hydrogens is 672 g/mol. The highest BCUT2D eigenvalue weighted by Crippen LogP contribution is 2.23. The molecule has 5 aromatic rings. The standard InChI is InChI=1S/C42H44F4N2O4/c43-33-11-17-37(39(45)25-33)41-19-9-31(27-47-41)29-49-21-5-1-3-7-23-51-35-13-15-36(16-14-35)52-24-8-4-2-6-22-50-30-32-10-20-42(48-28-32)38-18-12-34(44)26-40(38)46/h9-20,25-28H,1-8,21-24,29-30H2. The van der Waals surface area contributed by atoms with E-state index in [-0.39, 0.29) is 11.1 Å². The van der Waals surface area contributed by atoms with Crippen LogP contribution in [0.2, 0.25) is 0 Å². The van der Waals surface area contributed by atoms with Crippen LogP contribution >= 0.6 is 0 Å². The summed E-state index contributed by atoms with van der Waals surface area (Å²) >= 11 is 0. The summed E-state index contributed by atoms with van der Waals surface area (Å²) in [7, 11) is 0. The van der Waals surface area contributed by atoms with Crippen molar-refractivity contribution >= 4 is 0 Å². The van der Waals surface area contributed by atoms with Gasteiger partial charge in [-0.25, -0.2) is 17.6 Å². The predicted octanol–water partition coefficient (Wildman–Crippen LogP) is 10.7. The van der Waals surface area contributed by atoms with Crippen molar-refractivity contribution < 1.29 is 36.5 Å². The van der Waals surface area contributed by atoms with Crippen molar-refractivity contribution in [2.45, 2.75) is 64.6 Å². The molecule has 0 saturated carbocycles. The van der Waals surface area contributed by atoms with Gasteiger partial charge in [-0.2, -0.15) is 0 Å². The number of nitrogens with zero attached hydrogens (tertiary/aromatic N) is 2. The Labute approximate surface area is 302 Å². The second-order valence-corrected chi connectivity index (χ2v) is 12.5. The zero-order valence-corrected chi connectivity index (χ0v) is 29.2. The van der Waals surface area contributed by atoms with Gasteiger partial charge in [-0.05, 0) is 110 Å². The number of ether oxygens (including phenoxy) is 4. The van der Waals surface area contributed by atoms with Gasteiger partial charge in [0.1, 0.15) is 34.8 Å². The fourth-order valence-corrected chi connectivity index (χ4v) is 5.44. The van der Waals surface area contributed by atoms with Crippen molar-refractivity contribution in [1.82, 2.24) is 9.97 Å². The Balaban J connectivity index is 0.821. The normalized spacial score (nSPS) is 11.2. The van der Waals surface area contributed by atoms with E-state index < -0.39 is 23.3 Å². The largest absolute Gasteiger partial charge is 0.494 e. The number of rotatable bonds is 22. The summed E-state index contributed by atoms with van der Waals surface area (Å²) < 4.78 is 77.5. The van der Waals surface area contributed by atoms with Crippen LogP contribution in [0.3, 0.4) is 0 Å². The predicted molar refractivity (Wildman–Crippen MR) is 193 cm³/mol. The van der Waals surface area contributed by atoms with Gasteiger partial charge < -0.3 is 18.9 Å². The molecule has 10 heteroatoms. The summed E-state index contributed by atoms with van der Waals surface area (Å²) in [6.45, 7) is 3.46. The minimum atomic E-state index is -0.632. The second kappa shape index (κ2) is 20.9. The van der Waals surface area contributed by atoms with Gasteiger partial charge in [-0.15, -0.1) is 0 Å². The molecule has 2 heterocycles. The fraction of sp³-hybridized carbons (Fsp3) is 0.333. The number of unbranched alkanes of at least 4 members (excludes halogenated alkanes) is 6. The van der Waals surface area contributed by atoms with Gasteiger partial charge in [0.2, 0.25) is 0 Å². The van der Waals surface area contributed by atoms with Crippen molar-refractivity contribution in [3.8, 4) is 34.0 Å². The number of pyridine rings is 2. The Bertz CT molecular complexity index is 1660. The minimum Gasteiger partial charge on any atom is -0.494 e. The Morgan fingerprint density at radius 3 is 1.19 bits per heavy atom. The Kier molecular flexibility index (Phi) is 15.4. The molecule has 0 spiro atoms. The molecular formula is C42H44F4N2O4. The van der Waals surface area contributed by atoms with Crippen LogP contribution in [0.5, 0.6) is 11.5 Å². The first-order valence-electron chi connectivity index (χ1n) is 17.8. The Morgan fingerprint density at radius 1 is 0.423 bits per heavy atom. The minimum absolute atomic E-state index is 0.269. The number of halogens is 4. The van der Waals surface area contributed by atoms with Crippen LogP contribution in [0.4, 0.5) is 17.6 Å². The molecule has 0 saturated heterocycles. The molecule has 0 radical (unpaired) electrons. The lowest BCUT2D eigenvalue weighted by Gasteiger charge is -2.09. The van der Waals surface area contributed by atoms with Crippen LogP contribution in [0.25, 0.3) is 22.5 Å². The van der Waals surface area contributed by atoms with Crippen LogP contribution in [0, 0.1) is 23.3 Å². The summed E-state index contributed by atoms with van der Waals surface area (Å²) in [4.78, 5) is 8.57. The van der Waals surface area contributed by atoms with Crippen molar-refractivity contribution in [2.75, 3.05) is 26.4 Å². The highest BCUT2D eigenvalue weighted by molar-refractivity contribution is 5.60. The van der Waals surface area contributed by atoms with E-state index in [1.165, 1.54) is 24.3 Å². The number of hydrogen-bond acceptors (Lipinski definition) is 6. The third-order valence-electron chi connectivity index (χ3n) is 8.33. The molecule has 274 valence electrons. The number of hydrogen-bond donors (Lipinski definition) is 0. The summed E-state index contributed by atoms with van der Waals surface area (Å²) in [6, 6.07) is 21.8. The molecule has 2 aromatic heterocycles.